The molecule has 2 nitrogen and oxygen atoms in total. The molecule has 2 saturated carbocycles. The van der Waals surface area contributed by atoms with Crippen molar-refractivity contribution in [3.05, 3.63) is 0 Å². The van der Waals surface area contributed by atoms with Gasteiger partial charge in [-0.1, -0.05) is 51.4 Å². The molecule has 2 fully saturated rings. The zero-order chi connectivity index (χ0) is 11.8. The molecule has 0 N–H and O–H groups in total. The summed E-state index contributed by atoms with van der Waals surface area (Å²) in [6.07, 6.45) is 16.9. The van der Waals surface area contributed by atoms with Crippen LogP contribution in [0, 0.1) is 0 Å². The SMILES string of the molecule is C1CCCC(OPOC2CCCCCC2)CC1. The molecule has 2 rings (SSSR count). The lowest BCUT2D eigenvalue weighted by Crippen LogP contribution is -2.10. The van der Waals surface area contributed by atoms with Crippen LogP contribution in [-0.4, -0.2) is 12.2 Å². The van der Waals surface area contributed by atoms with Crippen LogP contribution >= 0.6 is 9.03 Å². The Morgan fingerprint density at radius 2 is 0.882 bits per heavy atom. The molecule has 0 heterocycles. The van der Waals surface area contributed by atoms with Crippen molar-refractivity contribution in [3.63, 3.8) is 0 Å². The van der Waals surface area contributed by atoms with Crippen molar-refractivity contribution in [2.24, 2.45) is 0 Å². The monoisotopic (exact) mass is 258 g/mol. The second kappa shape index (κ2) is 8.45. The van der Waals surface area contributed by atoms with Crippen molar-refractivity contribution in [2.45, 2.75) is 89.3 Å². The Bertz CT molecular complexity index is 163. The van der Waals surface area contributed by atoms with E-state index in [-0.39, 0.29) is 9.03 Å². The van der Waals surface area contributed by atoms with Crippen LogP contribution in [-0.2, 0) is 9.05 Å². The fraction of sp³-hybridized carbons (Fsp3) is 1.00. The zero-order valence-corrected chi connectivity index (χ0v) is 12.0. The number of hydrogen-bond donors (Lipinski definition) is 0. The molecule has 0 atom stereocenters. The summed E-state index contributed by atoms with van der Waals surface area (Å²) in [5.74, 6) is 0. The first-order valence-electron chi connectivity index (χ1n) is 7.51. The fourth-order valence-corrected chi connectivity index (χ4v) is 3.68. The first kappa shape index (κ1) is 13.8. The first-order chi connectivity index (χ1) is 8.45. The number of rotatable bonds is 4. The molecule has 0 radical (unpaired) electrons. The van der Waals surface area contributed by atoms with Gasteiger partial charge in [0.2, 0.25) is 0 Å². The van der Waals surface area contributed by atoms with Gasteiger partial charge in [0.1, 0.15) is 0 Å². The average molecular weight is 258 g/mol. The lowest BCUT2D eigenvalue weighted by Gasteiger charge is -2.18. The molecule has 0 amide bonds. The Hall–Kier alpha value is 0.350. The molecule has 0 unspecified atom stereocenters. The molecule has 100 valence electrons. The van der Waals surface area contributed by atoms with Crippen LogP contribution in [0.4, 0.5) is 0 Å². The Morgan fingerprint density at radius 3 is 1.24 bits per heavy atom. The van der Waals surface area contributed by atoms with Crippen LogP contribution in [0.3, 0.4) is 0 Å². The van der Waals surface area contributed by atoms with E-state index >= 15 is 0 Å². The van der Waals surface area contributed by atoms with E-state index in [1.165, 1.54) is 77.0 Å². The zero-order valence-electron chi connectivity index (χ0n) is 11.0. The topological polar surface area (TPSA) is 18.5 Å². The van der Waals surface area contributed by atoms with Crippen LogP contribution < -0.4 is 0 Å². The average Bonchev–Trinajstić information content (AvgIpc) is 2.73. The third-order valence-corrected chi connectivity index (χ3v) is 4.89. The largest absolute Gasteiger partial charge is 0.333 e. The van der Waals surface area contributed by atoms with Gasteiger partial charge in [-0.25, -0.2) is 0 Å². The third-order valence-electron chi connectivity index (χ3n) is 4.03. The summed E-state index contributed by atoms with van der Waals surface area (Å²) in [6, 6.07) is 0. The summed E-state index contributed by atoms with van der Waals surface area (Å²) >= 11 is 0. The van der Waals surface area contributed by atoms with Crippen LogP contribution in [0.5, 0.6) is 0 Å². The summed E-state index contributed by atoms with van der Waals surface area (Å²) in [7, 11) is 0.288. The molecule has 2 aliphatic rings. The molecule has 0 bridgehead atoms. The van der Waals surface area contributed by atoms with Gasteiger partial charge in [-0.05, 0) is 25.7 Å². The Kier molecular flexibility index (Phi) is 6.85. The maximum Gasteiger partial charge on any atom is 0.155 e. The van der Waals surface area contributed by atoms with Crippen molar-refractivity contribution in [1.82, 2.24) is 0 Å². The van der Waals surface area contributed by atoms with E-state index in [0.717, 1.165) is 0 Å². The van der Waals surface area contributed by atoms with Gasteiger partial charge in [0.15, 0.2) is 9.03 Å². The number of hydrogen-bond acceptors (Lipinski definition) is 2. The van der Waals surface area contributed by atoms with E-state index in [4.69, 9.17) is 9.05 Å². The van der Waals surface area contributed by atoms with Crippen molar-refractivity contribution in [2.75, 3.05) is 0 Å². The minimum absolute atomic E-state index is 0.288. The molecular formula is C14H27O2P. The van der Waals surface area contributed by atoms with Gasteiger partial charge >= 0.3 is 0 Å². The highest BCUT2D eigenvalue weighted by atomic mass is 31.1. The normalized spacial score (nSPS) is 25.4. The van der Waals surface area contributed by atoms with Crippen LogP contribution in [0.1, 0.15) is 77.0 Å². The molecule has 17 heavy (non-hydrogen) atoms. The second-order valence-corrected chi connectivity index (χ2v) is 6.18. The lowest BCUT2D eigenvalue weighted by atomic mass is 10.2. The van der Waals surface area contributed by atoms with E-state index in [0.29, 0.717) is 12.2 Å². The van der Waals surface area contributed by atoms with Gasteiger partial charge in [-0.2, -0.15) is 0 Å². The third kappa shape index (κ3) is 5.68. The Morgan fingerprint density at radius 1 is 0.529 bits per heavy atom. The smallest absolute Gasteiger partial charge is 0.155 e. The maximum absolute atomic E-state index is 5.91. The van der Waals surface area contributed by atoms with Crippen LogP contribution in [0.15, 0.2) is 0 Å². The highest BCUT2D eigenvalue weighted by molar-refractivity contribution is 7.26. The van der Waals surface area contributed by atoms with Gasteiger partial charge in [-0.15, -0.1) is 0 Å². The summed E-state index contributed by atoms with van der Waals surface area (Å²) in [5, 5.41) is 0. The highest BCUT2D eigenvalue weighted by Crippen LogP contribution is 2.31. The maximum atomic E-state index is 5.91. The van der Waals surface area contributed by atoms with Crippen molar-refractivity contribution in [1.29, 1.82) is 0 Å². The summed E-state index contributed by atoms with van der Waals surface area (Å²) in [5.41, 5.74) is 0. The van der Waals surface area contributed by atoms with Crippen molar-refractivity contribution >= 4 is 9.03 Å². The molecule has 0 aromatic heterocycles. The molecule has 0 aliphatic heterocycles. The Labute approximate surface area is 108 Å². The Balaban J connectivity index is 1.57. The molecule has 0 saturated heterocycles. The molecular weight excluding hydrogens is 231 g/mol. The summed E-state index contributed by atoms with van der Waals surface area (Å²) in [6.45, 7) is 0. The van der Waals surface area contributed by atoms with E-state index in [1.54, 1.807) is 0 Å². The first-order valence-corrected chi connectivity index (χ1v) is 8.33. The quantitative estimate of drug-likeness (QED) is 0.523. The van der Waals surface area contributed by atoms with E-state index < -0.39 is 0 Å². The van der Waals surface area contributed by atoms with Crippen molar-refractivity contribution < 1.29 is 9.05 Å². The van der Waals surface area contributed by atoms with Gasteiger partial charge in [0.05, 0.1) is 12.2 Å². The van der Waals surface area contributed by atoms with E-state index in [2.05, 4.69) is 0 Å². The summed E-state index contributed by atoms with van der Waals surface area (Å²) < 4.78 is 11.8. The van der Waals surface area contributed by atoms with Crippen LogP contribution in [0.2, 0.25) is 0 Å². The van der Waals surface area contributed by atoms with Crippen LogP contribution in [0.25, 0.3) is 0 Å². The molecule has 0 aromatic rings. The fourth-order valence-electron chi connectivity index (χ4n) is 2.88. The molecule has 2 aliphatic carbocycles. The molecule has 0 aromatic carbocycles. The predicted octanol–water partition coefficient (Wildman–Crippen LogP) is 4.97. The molecule has 3 heteroatoms. The van der Waals surface area contributed by atoms with E-state index in [9.17, 15) is 0 Å². The van der Waals surface area contributed by atoms with Gasteiger partial charge in [-0.3, -0.25) is 0 Å². The standard InChI is InChI=1S/C14H27O2P/c1-2-6-10-13(9-5-1)15-17-16-14-11-7-3-4-8-12-14/h13-14,17H,1-12H2. The summed E-state index contributed by atoms with van der Waals surface area (Å²) in [4.78, 5) is 0. The minimum Gasteiger partial charge on any atom is -0.333 e. The minimum atomic E-state index is 0.288. The van der Waals surface area contributed by atoms with Gasteiger partial charge < -0.3 is 9.05 Å². The van der Waals surface area contributed by atoms with E-state index in [1.807, 2.05) is 0 Å². The highest BCUT2D eigenvalue weighted by Gasteiger charge is 2.15. The predicted molar refractivity (Wildman–Crippen MR) is 73.5 cm³/mol. The lowest BCUT2D eigenvalue weighted by molar-refractivity contribution is 0.138. The van der Waals surface area contributed by atoms with Crippen molar-refractivity contribution in [3.8, 4) is 0 Å². The van der Waals surface area contributed by atoms with Gasteiger partial charge in [0.25, 0.3) is 0 Å². The second-order valence-electron chi connectivity index (χ2n) is 5.55. The van der Waals surface area contributed by atoms with Gasteiger partial charge in [0, 0.05) is 0 Å². The molecule has 0 spiro atoms.